The summed E-state index contributed by atoms with van der Waals surface area (Å²) in [6.07, 6.45) is 3.76. The molecule has 1 aliphatic heterocycles. The van der Waals surface area contributed by atoms with Gasteiger partial charge in [-0.25, -0.2) is 9.78 Å². The molecule has 0 saturated carbocycles. The number of nitrogens with one attached hydrogen (secondary N) is 8. The topological polar surface area (TPSA) is 365 Å². The molecule has 7 atom stereocenters. The van der Waals surface area contributed by atoms with E-state index in [9.17, 15) is 48.9 Å². The van der Waals surface area contributed by atoms with Gasteiger partial charge >= 0.3 is 11.7 Å². The third kappa shape index (κ3) is 17.5. The maximum Gasteiger partial charge on any atom is 0.385 e. The Labute approximate surface area is 417 Å². The molecule has 72 heavy (non-hydrogen) atoms. The lowest BCUT2D eigenvalue weighted by atomic mass is 9.98. The van der Waals surface area contributed by atoms with Crippen molar-refractivity contribution in [3.63, 3.8) is 0 Å². The minimum Gasteiger partial charge on any atom is -0.480 e. The van der Waals surface area contributed by atoms with E-state index >= 15 is 0 Å². The van der Waals surface area contributed by atoms with Gasteiger partial charge in [0.1, 0.15) is 42.3 Å². The Bertz CT molecular complexity index is 2390. The number of benzene rings is 2. The van der Waals surface area contributed by atoms with E-state index in [0.29, 0.717) is 29.7 Å². The van der Waals surface area contributed by atoms with Crippen molar-refractivity contribution in [3.8, 4) is 0 Å². The van der Waals surface area contributed by atoms with E-state index in [2.05, 4.69) is 57.2 Å². The number of nitrogens with zero attached hydrogens (tertiary/aromatic N) is 5. The van der Waals surface area contributed by atoms with Crippen LogP contribution in [0.15, 0.2) is 72.1 Å². The highest BCUT2D eigenvalue weighted by Gasteiger charge is 2.41. The zero-order valence-corrected chi connectivity index (χ0v) is 41.2. The molecule has 1 aliphatic rings. The van der Waals surface area contributed by atoms with Gasteiger partial charge in [0.15, 0.2) is 10.9 Å². The molecule has 0 radical (unpaired) electrons. The van der Waals surface area contributed by atoms with E-state index in [4.69, 9.17) is 11.5 Å². The highest BCUT2D eigenvalue weighted by atomic mass is 16.4. The zero-order chi connectivity index (χ0) is 52.9. The van der Waals surface area contributed by atoms with Gasteiger partial charge in [-0.15, -0.1) is 0 Å². The van der Waals surface area contributed by atoms with Crippen molar-refractivity contribution in [1.82, 2.24) is 52.1 Å². The molecular formula is C48H68N15O9+. The van der Waals surface area contributed by atoms with Gasteiger partial charge < -0.3 is 63.7 Å². The molecule has 24 heteroatoms. The number of rotatable bonds is 27. The molecule has 0 spiro atoms. The van der Waals surface area contributed by atoms with Crippen LogP contribution >= 0.6 is 0 Å². The van der Waals surface area contributed by atoms with Gasteiger partial charge in [-0.1, -0.05) is 70.2 Å². The lowest BCUT2D eigenvalue weighted by Crippen LogP contribution is -2.61. The van der Waals surface area contributed by atoms with Crippen LogP contribution in [0.2, 0.25) is 0 Å². The summed E-state index contributed by atoms with van der Waals surface area (Å²) < 4.78 is 0. The predicted octanol–water partition coefficient (Wildman–Crippen LogP) is -0.508. The van der Waals surface area contributed by atoms with Crippen molar-refractivity contribution in [2.75, 3.05) is 26.7 Å². The molecule has 2 heterocycles. The summed E-state index contributed by atoms with van der Waals surface area (Å²) >= 11 is 0. The number of carboxylic acid groups (broad SMARTS) is 1. The number of likely N-dealkylation sites (tertiary alicyclic amines) is 1. The summed E-state index contributed by atoms with van der Waals surface area (Å²) in [5, 5.41) is 38.2. The first-order chi connectivity index (χ1) is 34.3. The quantitative estimate of drug-likeness (QED) is 0.0199. The smallest absolute Gasteiger partial charge is 0.385 e. The number of likely N-dealkylation sites (N-methyl/N-ethyl adjacent to an activating group) is 1. The maximum absolute atomic E-state index is 14.5. The van der Waals surface area contributed by atoms with E-state index < -0.39 is 101 Å². The molecule has 1 aromatic heterocycles. The number of nitrogens with two attached hydrogens (primary N) is 2. The van der Waals surface area contributed by atoms with Gasteiger partial charge in [0, 0.05) is 56.4 Å². The Morgan fingerprint density at radius 2 is 1.38 bits per heavy atom. The standard InChI is InChI=1S/C48H67N15O9/c1-27(2)39(60-41(65)33(56-38(64)25-52-5)13-9-19-54-48(49)50)44(68)57-34(21-30-15-17-31(62-51)18-16-30)42(66)61-40(28(3)4)45(69)58-35(23-32-24-53-26-55-32)46(70)63-20-10-14-37(63)43(67)59-36(47(71)72)22-29-11-7-6-8-12-29/h6-8,11-12,15-18,24,26-28,33-37,39-40,52H,9-10,13-14,19-23,25H2,1-5H3,(H11-,49,50,53,54,55,56,57,58,59,60,61,64,65,66,67,68,69,71,72)/p+1/t33-,34+,35-,36-,37-,39-,40-/m0/s1. The van der Waals surface area contributed by atoms with Gasteiger partial charge in [-0.05, 0) is 55.7 Å². The summed E-state index contributed by atoms with van der Waals surface area (Å²) in [7, 11) is 1.56. The Hall–Kier alpha value is -7.94. The van der Waals surface area contributed by atoms with Crippen LogP contribution in [0.25, 0.3) is 4.98 Å². The largest absolute Gasteiger partial charge is 0.480 e. The molecule has 2 aromatic carbocycles. The molecule has 1 saturated heterocycles. The number of aliphatic imine (C=N–C) groups is 1. The number of aromatic nitrogens is 2. The molecule has 24 nitrogen and oxygen atoms in total. The number of hydrogen-bond acceptors (Lipinski definition) is 12. The van der Waals surface area contributed by atoms with Crippen LogP contribution in [-0.4, -0.2) is 142 Å². The predicted molar refractivity (Wildman–Crippen MR) is 265 cm³/mol. The fourth-order valence-electron chi connectivity index (χ4n) is 8.06. The number of carboxylic acids is 1. The van der Waals surface area contributed by atoms with Gasteiger partial charge in [-0.2, -0.15) is 0 Å². The van der Waals surface area contributed by atoms with Crippen LogP contribution in [0.5, 0.6) is 0 Å². The highest BCUT2D eigenvalue weighted by molar-refractivity contribution is 5.98. The number of hydrogen-bond donors (Lipinski definition) is 11. The SMILES string of the molecule is CNCC(=O)N[C@@H](CCCN=C(N)N)C(=O)N[C@H](C(=O)N[C@H](Cc1ccc([N+]#N)cc1)C(=O)N[C@H](C(=O)N[C@@H](Cc1cnc[nH]1)C(=O)N1CCC[C@H]1C(=O)N[C@@H](Cc1ccccc1)C(=O)O)C(C)C)C(C)C. The number of imidazole rings is 1. The average molecular weight is 999 g/mol. The molecule has 388 valence electrons. The zero-order valence-electron chi connectivity index (χ0n) is 41.2. The number of diazo groups is 1. The number of guanidine groups is 1. The first-order valence-corrected chi connectivity index (χ1v) is 23.8. The summed E-state index contributed by atoms with van der Waals surface area (Å²) in [6.45, 7) is 6.93. The minimum absolute atomic E-state index is 0.0113. The van der Waals surface area contributed by atoms with E-state index in [1.54, 1.807) is 77.2 Å². The normalized spacial score (nSPS) is 15.6. The van der Waals surface area contributed by atoms with E-state index in [-0.39, 0.29) is 63.4 Å². The number of aromatic amines is 1. The van der Waals surface area contributed by atoms with Crippen LogP contribution in [0.1, 0.15) is 70.2 Å². The summed E-state index contributed by atoms with van der Waals surface area (Å²) in [5.41, 5.74) is 12.8. The second-order valence-corrected chi connectivity index (χ2v) is 18.2. The second kappa shape index (κ2) is 28.0. The minimum atomic E-state index is -1.37. The van der Waals surface area contributed by atoms with Gasteiger partial charge in [0.2, 0.25) is 46.7 Å². The van der Waals surface area contributed by atoms with Crippen LogP contribution in [0, 0.1) is 17.2 Å². The second-order valence-electron chi connectivity index (χ2n) is 18.2. The number of carbonyl (C=O) groups is 8. The lowest BCUT2D eigenvalue weighted by molar-refractivity contribution is -0.145. The summed E-state index contributed by atoms with van der Waals surface area (Å²) in [6, 6.07) is 6.36. The summed E-state index contributed by atoms with van der Waals surface area (Å²) in [4.78, 5) is 125. The Morgan fingerprint density at radius 3 is 1.93 bits per heavy atom. The van der Waals surface area contributed by atoms with Gasteiger partial charge in [0.25, 0.3) is 0 Å². The Balaban J connectivity index is 1.57. The Morgan fingerprint density at radius 1 is 0.778 bits per heavy atom. The lowest BCUT2D eigenvalue weighted by Gasteiger charge is -2.31. The molecule has 4 rings (SSSR count). The molecule has 0 bridgehead atoms. The first-order valence-electron chi connectivity index (χ1n) is 23.8. The van der Waals surface area contributed by atoms with Gasteiger partial charge in [-0.3, -0.25) is 38.6 Å². The number of carbonyl (C=O) groups excluding carboxylic acids is 7. The fourth-order valence-corrected chi connectivity index (χ4v) is 8.06. The third-order valence-corrected chi connectivity index (χ3v) is 11.9. The average Bonchev–Trinajstić information content (AvgIpc) is 4.06. The van der Waals surface area contributed by atoms with Crippen molar-refractivity contribution in [1.29, 1.82) is 5.39 Å². The van der Waals surface area contributed by atoms with Crippen LogP contribution in [0.4, 0.5) is 5.69 Å². The Kier molecular flexibility index (Phi) is 22.1. The molecule has 3 aromatic rings. The molecule has 7 amide bonds. The van der Waals surface area contributed by atoms with Crippen molar-refractivity contribution < 1.29 is 43.5 Å². The van der Waals surface area contributed by atoms with E-state index in [0.717, 1.165) is 0 Å². The molecule has 13 N–H and O–H groups in total. The molecule has 1 fully saturated rings. The molecular weight excluding hydrogens is 931 g/mol. The van der Waals surface area contributed by atoms with Crippen molar-refractivity contribution in [2.45, 2.75) is 115 Å². The molecule has 0 aliphatic carbocycles. The third-order valence-electron chi connectivity index (χ3n) is 11.9. The number of aliphatic carboxylic acids is 1. The van der Waals surface area contributed by atoms with Gasteiger partial charge in [0.05, 0.1) is 12.9 Å². The number of H-pyrrole nitrogens is 1. The van der Waals surface area contributed by atoms with Crippen LogP contribution < -0.4 is 48.7 Å². The molecule has 0 unspecified atom stereocenters. The maximum atomic E-state index is 14.5. The van der Waals surface area contributed by atoms with Crippen molar-refractivity contribution >= 4 is 59.0 Å². The monoisotopic (exact) mass is 999 g/mol. The van der Waals surface area contributed by atoms with Crippen molar-refractivity contribution in [2.24, 2.45) is 28.3 Å². The first kappa shape index (κ1) is 56.6. The van der Waals surface area contributed by atoms with E-state index in [1.165, 1.54) is 29.6 Å². The fraction of sp³-hybridized carbons (Fsp3) is 0.500. The van der Waals surface area contributed by atoms with Crippen LogP contribution in [-0.2, 0) is 57.6 Å². The van der Waals surface area contributed by atoms with E-state index in [1.807, 2.05) is 0 Å². The summed E-state index contributed by atoms with van der Waals surface area (Å²) in [5.74, 6) is -7.26. The number of amides is 7. The van der Waals surface area contributed by atoms with Crippen LogP contribution in [0.3, 0.4) is 0 Å². The van der Waals surface area contributed by atoms with Crippen molar-refractivity contribution in [3.05, 3.63) is 88.9 Å². The highest BCUT2D eigenvalue weighted by Crippen LogP contribution is 2.21.